The Balaban J connectivity index is 1.68. The lowest BCUT2D eigenvalue weighted by Crippen LogP contribution is -2.31. The van der Waals surface area contributed by atoms with Crippen molar-refractivity contribution < 1.29 is 14.5 Å². The Morgan fingerprint density at radius 2 is 1.88 bits per heavy atom. The van der Waals surface area contributed by atoms with Crippen molar-refractivity contribution in [2.24, 2.45) is 0 Å². The maximum Gasteiger partial charge on any atom is 0.269 e. The van der Waals surface area contributed by atoms with Crippen molar-refractivity contribution in [1.82, 2.24) is 9.55 Å². The van der Waals surface area contributed by atoms with E-state index in [4.69, 9.17) is 4.74 Å². The molecule has 0 bridgehead atoms. The quantitative estimate of drug-likeness (QED) is 0.328. The second-order valence-electron chi connectivity index (χ2n) is 7.87. The molecule has 0 spiro atoms. The number of rotatable bonds is 5. The maximum atomic E-state index is 13.7. The van der Waals surface area contributed by atoms with Crippen LogP contribution in [0.5, 0.6) is 5.75 Å². The molecule has 2 N–H and O–H groups in total. The van der Waals surface area contributed by atoms with Gasteiger partial charge in [0.15, 0.2) is 0 Å². The molecule has 3 aromatic carbocycles. The van der Waals surface area contributed by atoms with Crippen LogP contribution in [0, 0.1) is 10.1 Å². The number of nitro benzene ring substituents is 1. The van der Waals surface area contributed by atoms with E-state index >= 15 is 0 Å². The summed E-state index contributed by atoms with van der Waals surface area (Å²) < 4.78 is 7.28. The highest BCUT2D eigenvalue weighted by molar-refractivity contribution is 6.07. The van der Waals surface area contributed by atoms with Gasteiger partial charge in [0.25, 0.3) is 11.6 Å². The first-order valence-electron chi connectivity index (χ1n) is 10.6. The van der Waals surface area contributed by atoms with E-state index in [1.54, 1.807) is 37.3 Å². The molecule has 2 heterocycles. The van der Waals surface area contributed by atoms with E-state index in [9.17, 15) is 14.9 Å². The fourth-order valence-electron chi connectivity index (χ4n) is 4.32. The summed E-state index contributed by atoms with van der Waals surface area (Å²) in [6.45, 7) is 1.80. The number of fused-ring (bicyclic) bond motifs is 3. The van der Waals surface area contributed by atoms with E-state index in [0.29, 0.717) is 34.2 Å². The minimum Gasteiger partial charge on any atom is -0.495 e. The van der Waals surface area contributed by atoms with Crippen LogP contribution in [0.15, 0.2) is 84.1 Å². The van der Waals surface area contributed by atoms with Crippen LogP contribution in [-0.4, -0.2) is 27.5 Å². The van der Waals surface area contributed by atoms with Gasteiger partial charge in [-0.15, -0.1) is 0 Å². The monoisotopic (exact) mass is 455 g/mol. The van der Waals surface area contributed by atoms with E-state index in [-0.39, 0.29) is 11.6 Å². The van der Waals surface area contributed by atoms with Gasteiger partial charge in [-0.3, -0.25) is 19.5 Å². The SMILES string of the molecule is COc1ccccc1NC(=O)C1=C(C)Nc2nc3ccccc3n2[C@@H]1c1cccc([N+](=O)[O-])c1. The Labute approximate surface area is 194 Å². The zero-order chi connectivity index (χ0) is 23.8. The number of nitro groups is 1. The molecule has 9 nitrogen and oxygen atoms in total. The Kier molecular flexibility index (Phi) is 5.21. The first-order valence-corrected chi connectivity index (χ1v) is 10.6. The van der Waals surface area contributed by atoms with Gasteiger partial charge < -0.3 is 15.4 Å². The van der Waals surface area contributed by atoms with E-state index in [2.05, 4.69) is 15.6 Å². The average molecular weight is 455 g/mol. The lowest BCUT2D eigenvalue weighted by Gasteiger charge is -2.30. The van der Waals surface area contributed by atoms with Crippen molar-refractivity contribution in [1.29, 1.82) is 0 Å². The van der Waals surface area contributed by atoms with Crippen LogP contribution in [0.4, 0.5) is 17.3 Å². The summed E-state index contributed by atoms with van der Waals surface area (Å²) in [5.74, 6) is 0.733. The highest BCUT2D eigenvalue weighted by Crippen LogP contribution is 2.40. The van der Waals surface area contributed by atoms with Gasteiger partial charge in [0, 0.05) is 17.8 Å². The first-order chi connectivity index (χ1) is 16.5. The summed E-state index contributed by atoms with van der Waals surface area (Å²) in [6.07, 6.45) is 0. The molecule has 0 saturated carbocycles. The number of imidazole rings is 1. The number of methoxy groups -OCH3 is 1. The second kappa shape index (κ2) is 8.36. The van der Waals surface area contributed by atoms with Crippen molar-refractivity contribution in [2.45, 2.75) is 13.0 Å². The summed E-state index contributed by atoms with van der Waals surface area (Å²) in [5.41, 5.74) is 3.65. The summed E-state index contributed by atoms with van der Waals surface area (Å²) in [4.78, 5) is 29.4. The van der Waals surface area contributed by atoms with Gasteiger partial charge >= 0.3 is 0 Å². The zero-order valence-electron chi connectivity index (χ0n) is 18.5. The molecule has 1 aliphatic rings. The van der Waals surface area contributed by atoms with Gasteiger partial charge in [-0.05, 0) is 36.8 Å². The number of carbonyl (C=O) groups is 1. The zero-order valence-corrected chi connectivity index (χ0v) is 18.5. The number of para-hydroxylation sites is 4. The lowest BCUT2D eigenvalue weighted by atomic mass is 9.94. The van der Waals surface area contributed by atoms with Crippen molar-refractivity contribution in [3.05, 3.63) is 99.7 Å². The molecular formula is C25H21N5O4. The summed E-state index contributed by atoms with van der Waals surface area (Å²) in [5, 5.41) is 17.7. The minimum atomic E-state index is -0.641. The van der Waals surface area contributed by atoms with Crippen LogP contribution in [0.3, 0.4) is 0 Å². The number of benzene rings is 3. The third kappa shape index (κ3) is 3.53. The highest BCUT2D eigenvalue weighted by Gasteiger charge is 2.35. The number of anilines is 2. The molecule has 5 rings (SSSR count). The molecule has 34 heavy (non-hydrogen) atoms. The lowest BCUT2D eigenvalue weighted by molar-refractivity contribution is -0.384. The van der Waals surface area contributed by atoms with Crippen LogP contribution in [0.25, 0.3) is 11.0 Å². The molecular weight excluding hydrogens is 434 g/mol. The molecule has 9 heteroatoms. The third-order valence-electron chi connectivity index (χ3n) is 5.83. The number of amides is 1. The number of aromatic nitrogens is 2. The van der Waals surface area contributed by atoms with E-state index in [1.165, 1.54) is 19.2 Å². The Morgan fingerprint density at radius 3 is 2.68 bits per heavy atom. The van der Waals surface area contributed by atoms with Gasteiger partial charge in [0.05, 0.1) is 40.4 Å². The van der Waals surface area contributed by atoms with E-state index in [0.717, 1.165) is 11.0 Å². The molecule has 4 aromatic rings. The molecule has 1 aliphatic heterocycles. The minimum absolute atomic E-state index is 0.0517. The smallest absolute Gasteiger partial charge is 0.269 e. The number of non-ortho nitro benzene ring substituents is 1. The second-order valence-corrected chi connectivity index (χ2v) is 7.87. The predicted octanol–water partition coefficient (Wildman–Crippen LogP) is 4.88. The topological polar surface area (TPSA) is 111 Å². The first kappa shape index (κ1) is 21.2. The Hall–Kier alpha value is -4.66. The molecule has 0 aliphatic carbocycles. The normalized spacial score (nSPS) is 14.9. The molecule has 0 unspecified atom stereocenters. The Bertz CT molecular complexity index is 1470. The van der Waals surface area contributed by atoms with Gasteiger partial charge in [-0.2, -0.15) is 0 Å². The summed E-state index contributed by atoms with van der Waals surface area (Å²) in [7, 11) is 1.54. The molecule has 0 saturated heterocycles. The van der Waals surface area contributed by atoms with Crippen molar-refractivity contribution in [3.8, 4) is 5.75 Å². The fourth-order valence-corrected chi connectivity index (χ4v) is 4.32. The van der Waals surface area contributed by atoms with Gasteiger partial charge in [0.1, 0.15) is 5.75 Å². The molecule has 170 valence electrons. The number of allylic oxidation sites excluding steroid dienone is 1. The summed E-state index contributed by atoms with van der Waals surface area (Å²) in [6, 6.07) is 20.4. The molecule has 1 amide bonds. The maximum absolute atomic E-state index is 13.7. The number of hydrogen-bond donors (Lipinski definition) is 2. The predicted molar refractivity (Wildman–Crippen MR) is 129 cm³/mol. The Morgan fingerprint density at radius 1 is 1.12 bits per heavy atom. The number of nitrogens with one attached hydrogen (secondary N) is 2. The van der Waals surface area contributed by atoms with Crippen LogP contribution >= 0.6 is 0 Å². The van der Waals surface area contributed by atoms with Crippen molar-refractivity contribution in [3.63, 3.8) is 0 Å². The van der Waals surface area contributed by atoms with Gasteiger partial charge in [0.2, 0.25) is 5.95 Å². The number of ether oxygens (including phenoxy) is 1. The number of hydrogen-bond acceptors (Lipinski definition) is 6. The van der Waals surface area contributed by atoms with Crippen LogP contribution in [-0.2, 0) is 4.79 Å². The molecule has 0 radical (unpaired) electrons. The standard InChI is InChI=1S/C25H21N5O4/c1-15-22(24(31)27-19-11-4-6-13-21(19)34-2)23(16-8-7-9-17(14-16)30(32)33)29-20-12-5-3-10-18(20)28-25(29)26-15/h3-14,23H,1-2H3,(H,26,28)(H,27,31)/t23-/m1/s1. The van der Waals surface area contributed by atoms with Gasteiger partial charge in [-0.25, -0.2) is 4.98 Å². The molecule has 1 atom stereocenters. The highest BCUT2D eigenvalue weighted by atomic mass is 16.6. The number of carbonyl (C=O) groups excluding carboxylic acids is 1. The average Bonchev–Trinajstić information content (AvgIpc) is 3.21. The molecule has 1 aromatic heterocycles. The van der Waals surface area contributed by atoms with E-state index < -0.39 is 11.0 Å². The molecule has 0 fully saturated rings. The van der Waals surface area contributed by atoms with E-state index in [1.807, 2.05) is 34.9 Å². The van der Waals surface area contributed by atoms with Crippen molar-refractivity contribution in [2.75, 3.05) is 17.7 Å². The van der Waals surface area contributed by atoms with Crippen LogP contribution in [0.1, 0.15) is 18.5 Å². The van der Waals surface area contributed by atoms with Crippen molar-refractivity contribution >= 4 is 34.3 Å². The summed E-state index contributed by atoms with van der Waals surface area (Å²) >= 11 is 0. The van der Waals surface area contributed by atoms with Crippen LogP contribution < -0.4 is 15.4 Å². The van der Waals surface area contributed by atoms with Crippen LogP contribution in [0.2, 0.25) is 0 Å². The number of nitrogens with zero attached hydrogens (tertiary/aromatic N) is 3. The third-order valence-corrected chi connectivity index (χ3v) is 5.83. The largest absolute Gasteiger partial charge is 0.495 e. The van der Waals surface area contributed by atoms with Gasteiger partial charge in [-0.1, -0.05) is 36.4 Å². The fraction of sp³-hybridized carbons (Fsp3) is 0.120.